The van der Waals surface area contributed by atoms with Crippen LogP contribution in [0.4, 0.5) is 5.69 Å². The molecular formula is C11H11ClIN3O3S. The zero-order valence-corrected chi connectivity index (χ0v) is 14.0. The van der Waals surface area contributed by atoms with Crippen molar-refractivity contribution in [1.82, 2.24) is 10.2 Å². The standard InChI is InChI=1S/C11H11ClIN3O3S/c1-6-11(10(5-17)15-14-6)20(18,19)16-9-3-2-7(13)4-8(9)12/h2-4,16-17H,5H2,1H3,(H,14,15). The maximum absolute atomic E-state index is 12.4. The summed E-state index contributed by atoms with van der Waals surface area (Å²) in [5, 5.41) is 15.7. The minimum absolute atomic E-state index is 0.0605. The third kappa shape index (κ3) is 3.08. The van der Waals surface area contributed by atoms with Gasteiger partial charge in [-0.2, -0.15) is 5.10 Å². The molecule has 2 aromatic rings. The smallest absolute Gasteiger partial charge is 0.265 e. The van der Waals surface area contributed by atoms with Gasteiger partial charge in [-0.05, 0) is 47.7 Å². The Labute approximate surface area is 134 Å². The van der Waals surface area contributed by atoms with Crippen LogP contribution in [0, 0.1) is 10.5 Å². The number of nitrogens with one attached hydrogen (secondary N) is 2. The van der Waals surface area contributed by atoms with Crippen molar-refractivity contribution >= 4 is 49.9 Å². The van der Waals surface area contributed by atoms with Crippen LogP contribution in [0.2, 0.25) is 5.02 Å². The highest BCUT2D eigenvalue weighted by molar-refractivity contribution is 14.1. The van der Waals surface area contributed by atoms with E-state index in [1.54, 1.807) is 25.1 Å². The van der Waals surface area contributed by atoms with Crippen molar-refractivity contribution in [2.75, 3.05) is 4.72 Å². The van der Waals surface area contributed by atoms with Crippen LogP contribution in [0.3, 0.4) is 0 Å². The number of aromatic nitrogens is 2. The molecule has 1 aromatic carbocycles. The van der Waals surface area contributed by atoms with E-state index in [-0.39, 0.29) is 16.3 Å². The van der Waals surface area contributed by atoms with Crippen molar-refractivity contribution in [3.05, 3.63) is 38.2 Å². The Hall–Kier alpha value is -0.840. The normalized spacial score (nSPS) is 11.6. The van der Waals surface area contributed by atoms with E-state index in [0.29, 0.717) is 10.7 Å². The summed E-state index contributed by atoms with van der Waals surface area (Å²) in [7, 11) is -3.87. The number of hydrogen-bond donors (Lipinski definition) is 3. The second-order valence-electron chi connectivity index (χ2n) is 4.01. The summed E-state index contributed by atoms with van der Waals surface area (Å²) < 4.78 is 28.0. The average Bonchev–Trinajstić information content (AvgIpc) is 2.75. The van der Waals surface area contributed by atoms with Crippen LogP contribution in [-0.4, -0.2) is 23.7 Å². The molecule has 0 bridgehead atoms. The van der Waals surface area contributed by atoms with Gasteiger partial charge in [-0.15, -0.1) is 0 Å². The molecule has 0 atom stereocenters. The fourth-order valence-electron chi connectivity index (χ4n) is 1.70. The first-order chi connectivity index (χ1) is 9.35. The van der Waals surface area contributed by atoms with Crippen LogP contribution < -0.4 is 4.72 Å². The summed E-state index contributed by atoms with van der Waals surface area (Å²) in [6.07, 6.45) is 0. The number of halogens is 2. The molecule has 2 rings (SSSR count). The van der Waals surface area contributed by atoms with E-state index in [1.807, 2.05) is 0 Å². The van der Waals surface area contributed by atoms with Gasteiger partial charge < -0.3 is 5.11 Å². The van der Waals surface area contributed by atoms with E-state index in [1.165, 1.54) is 0 Å². The maximum Gasteiger partial charge on any atom is 0.265 e. The average molecular weight is 428 g/mol. The van der Waals surface area contributed by atoms with Gasteiger partial charge in [0.2, 0.25) is 0 Å². The summed E-state index contributed by atoms with van der Waals surface area (Å²) >= 11 is 8.08. The summed E-state index contributed by atoms with van der Waals surface area (Å²) in [6, 6.07) is 4.96. The zero-order valence-electron chi connectivity index (χ0n) is 10.3. The van der Waals surface area contributed by atoms with Crippen molar-refractivity contribution in [2.24, 2.45) is 0 Å². The third-order valence-corrected chi connectivity index (χ3v) is 5.11. The second-order valence-corrected chi connectivity index (χ2v) is 7.28. The van der Waals surface area contributed by atoms with Gasteiger partial charge in [0.15, 0.2) is 0 Å². The maximum atomic E-state index is 12.4. The van der Waals surface area contributed by atoms with Crippen molar-refractivity contribution < 1.29 is 13.5 Å². The Balaban J connectivity index is 2.43. The number of anilines is 1. The first kappa shape index (κ1) is 15.5. The molecule has 9 heteroatoms. The van der Waals surface area contributed by atoms with Gasteiger partial charge in [0.25, 0.3) is 10.0 Å². The molecule has 0 saturated carbocycles. The Morgan fingerprint density at radius 1 is 1.50 bits per heavy atom. The number of aryl methyl sites for hydroxylation is 1. The lowest BCUT2D eigenvalue weighted by Crippen LogP contribution is -2.15. The Morgan fingerprint density at radius 3 is 2.80 bits per heavy atom. The van der Waals surface area contributed by atoms with Gasteiger partial charge in [0.05, 0.1) is 23.0 Å². The van der Waals surface area contributed by atoms with E-state index in [4.69, 9.17) is 16.7 Å². The number of nitrogens with zero attached hydrogens (tertiary/aromatic N) is 1. The number of sulfonamides is 1. The molecule has 1 aromatic heterocycles. The number of H-pyrrole nitrogens is 1. The molecule has 0 spiro atoms. The van der Waals surface area contributed by atoms with Crippen molar-refractivity contribution in [1.29, 1.82) is 0 Å². The Kier molecular flexibility index (Phi) is 4.57. The van der Waals surface area contributed by atoms with Crippen LogP contribution in [0.5, 0.6) is 0 Å². The van der Waals surface area contributed by atoms with Gasteiger partial charge in [-0.25, -0.2) is 8.42 Å². The number of aliphatic hydroxyl groups excluding tert-OH is 1. The topological polar surface area (TPSA) is 95.1 Å². The van der Waals surface area contributed by atoms with Crippen LogP contribution >= 0.6 is 34.2 Å². The first-order valence-electron chi connectivity index (χ1n) is 5.47. The quantitative estimate of drug-likeness (QED) is 0.652. The molecule has 108 valence electrons. The number of hydrogen-bond acceptors (Lipinski definition) is 4. The molecule has 6 nitrogen and oxygen atoms in total. The Morgan fingerprint density at radius 2 is 2.20 bits per heavy atom. The Bertz CT molecular complexity index is 745. The van der Waals surface area contributed by atoms with E-state index in [2.05, 4.69) is 37.5 Å². The van der Waals surface area contributed by atoms with Gasteiger partial charge in [-0.1, -0.05) is 11.6 Å². The molecule has 0 saturated heterocycles. The van der Waals surface area contributed by atoms with E-state index in [0.717, 1.165) is 3.57 Å². The first-order valence-corrected chi connectivity index (χ1v) is 8.41. The molecule has 20 heavy (non-hydrogen) atoms. The SMILES string of the molecule is Cc1[nH]nc(CO)c1S(=O)(=O)Nc1ccc(I)cc1Cl. The van der Waals surface area contributed by atoms with Gasteiger partial charge in [-0.3, -0.25) is 9.82 Å². The number of aliphatic hydroxyl groups is 1. The van der Waals surface area contributed by atoms with Crippen molar-refractivity contribution in [3.63, 3.8) is 0 Å². The number of rotatable bonds is 4. The summed E-state index contributed by atoms with van der Waals surface area (Å²) in [4.78, 5) is -0.0605. The molecule has 0 amide bonds. The molecule has 0 aliphatic heterocycles. The summed E-state index contributed by atoms with van der Waals surface area (Å²) in [6.45, 7) is 1.09. The van der Waals surface area contributed by atoms with Gasteiger partial charge >= 0.3 is 0 Å². The predicted octanol–water partition coefficient (Wildman–Crippen LogP) is 2.27. The van der Waals surface area contributed by atoms with Crippen LogP contribution in [-0.2, 0) is 16.6 Å². The predicted molar refractivity (Wildman–Crippen MR) is 84.2 cm³/mol. The summed E-state index contributed by atoms with van der Waals surface area (Å²) in [5.41, 5.74) is 0.691. The molecule has 1 heterocycles. The second kappa shape index (κ2) is 5.88. The molecule has 0 fully saturated rings. The molecule has 0 unspecified atom stereocenters. The van der Waals surface area contributed by atoms with E-state index in [9.17, 15) is 8.42 Å². The fourth-order valence-corrected chi connectivity index (χ4v) is 4.10. The molecule has 3 N–H and O–H groups in total. The van der Waals surface area contributed by atoms with Gasteiger partial charge in [0, 0.05) is 3.57 Å². The zero-order chi connectivity index (χ0) is 14.9. The largest absolute Gasteiger partial charge is 0.390 e. The monoisotopic (exact) mass is 427 g/mol. The molecule has 0 aliphatic carbocycles. The van der Waals surface area contributed by atoms with Crippen LogP contribution in [0.25, 0.3) is 0 Å². The minimum atomic E-state index is -3.87. The highest BCUT2D eigenvalue weighted by Crippen LogP contribution is 2.27. The van der Waals surface area contributed by atoms with E-state index >= 15 is 0 Å². The molecule has 0 aliphatic rings. The third-order valence-electron chi connectivity index (χ3n) is 2.56. The number of aromatic amines is 1. The fraction of sp³-hybridized carbons (Fsp3) is 0.182. The number of benzene rings is 1. The van der Waals surface area contributed by atoms with Gasteiger partial charge in [0.1, 0.15) is 10.6 Å². The highest BCUT2D eigenvalue weighted by atomic mass is 127. The molecular weight excluding hydrogens is 417 g/mol. The lowest BCUT2D eigenvalue weighted by Gasteiger charge is -2.10. The molecule has 0 radical (unpaired) electrons. The van der Waals surface area contributed by atoms with Crippen LogP contribution in [0.1, 0.15) is 11.4 Å². The van der Waals surface area contributed by atoms with Crippen molar-refractivity contribution in [3.8, 4) is 0 Å². The van der Waals surface area contributed by atoms with Crippen LogP contribution in [0.15, 0.2) is 23.1 Å². The van der Waals surface area contributed by atoms with Crippen molar-refractivity contribution in [2.45, 2.75) is 18.4 Å². The lowest BCUT2D eigenvalue weighted by molar-refractivity contribution is 0.273. The van der Waals surface area contributed by atoms with E-state index < -0.39 is 16.6 Å². The minimum Gasteiger partial charge on any atom is -0.390 e. The summed E-state index contributed by atoms with van der Waals surface area (Å²) in [5.74, 6) is 0. The lowest BCUT2D eigenvalue weighted by atomic mass is 10.3. The highest BCUT2D eigenvalue weighted by Gasteiger charge is 2.24.